The van der Waals surface area contributed by atoms with Crippen LogP contribution < -0.4 is 0 Å². The molecule has 0 amide bonds. The lowest BCUT2D eigenvalue weighted by molar-refractivity contribution is -0.292. The molecule has 1 rings (SSSR count). The monoisotopic (exact) mass is 248 g/mol. The van der Waals surface area contributed by atoms with Gasteiger partial charge in [0.2, 0.25) is 5.60 Å². The highest BCUT2D eigenvalue weighted by Crippen LogP contribution is 2.41. The Bertz CT molecular complexity index is 402. The number of halogens is 3. The van der Waals surface area contributed by atoms with Crippen LogP contribution in [-0.4, -0.2) is 28.3 Å². The van der Waals surface area contributed by atoms with Crippen LogP contribution in [0, 0.1) is 0 Å². The fourth-order valence-corrected chi connectivity index (χ4v) is 1.46. The summed E-state index contributed by atoms with van der Waals surface area (Å²) in [6, 6.07) is 6.01. The third-order valence-electron chi connectivity index (χ3n) is 2.43. The first-order valence-corrected chi connectivity index (χ1v) is 4.74. The number of hydrogen-bond acceptors (Lipinski definition) is 3. The number of alkyl halides is 3. The number of rotatable bonds is 3. The van der Waals surface area contributed by atoms with Gasteiger partial charge in [-0.15, -0.1) is 0 Å². The molecule has 0 saturated carbocycles. The minimum atomic E-state index is -5.15. The van der Waals surface area contributed by atoms with Crippen molar-refractivity contribution in [2.75, 3.05) is 0 Å². The molecule has 17 heavy (non-hydrogen) atoms. The number of hydrogen-bond donors (Lipinski definition) is 2. The molecule has 0 heterocycles. The second kappa shape index (κ2) is 4.46. The molecule has 1 aromatic carbocycles. The number of aliphatic hydroxyl groups excluding tert-OH is 1. The molecule has 0 aliphatic carbocycles. The number of carbonyl (C=O) groups is 1. The van der Waals surface area contributed by atoms with Gasteiger partial charge in [-0.25, -0.2) is 0 Å². The Morgan fingerprint density at radius 1 is 1.24 bits per heavy atom. The Balaban J connectivity index is 3.36. The Morgan fingerprint density at radius 2 is 1.71 bits per heavy atom. The van der Waals surface area contributed by atoms with E-state index >= 15 is 0 Å². The lowest BCUT2D eigenvalue weighted by Gasteiger charge is -2.33. The quantitative estimate of drug-likeness (QED) is 0.849. The molecule has 2 atom stereocenters. The van der Waals surface area contributed by atoms with Gasteiger partial charge in [0.1, 0.15) is 0 Å². The molecular weight excluding hydrogens is 237 g/mol. The van der Waals surface area contributed by atoms with Gasteiger partial charge >= 0.3 is 6.18 Å². The van der Waals surface area contributed by atoms with Gasteiger partial charge in [-0.1, -0.05) is 30.3 Å². The van der Waals surface area contributed by atoms with E-state index in [2.05, 4.69) is 0 Å². The highest BCUT2D eigenvalue weighted by atomic mass is 19.4. The Kier molecular flexibility index (Phi) is 3.59. The van der Waals surface area contributed by atoms with Gasteiger partial charge in [0.15, 0.2) is 11.9 Å². The summed E-state index contributed by atoms with van der Waals surface area (Å²) in [5.41, 5.74) is -4.16. The van der Waals surface area contributed by atoms with Crippen molar-refractivity contribution in [2.45, 2.75) is 24.8 Å². The van der Waals surface area contributed by atoms with Gasteiger partial charge in [0.25, 0.3) is 0 Å². The molecule has 0 aromatic heterocycles. The van der Waals surface area contributed by atoms with Crippen molar-refractivity contribution in [3.05, 3.63) is 35.9 Å². The number of aliphatic hydroxyl groups is 2. The van der Waals surface area contributed by atoms with Crippen LogP contribution in [0.25, 0.3) is 0 Å². The van der Waals surface area contributed by atoms with E-state index in [1.54, 1.807) is 0 Å². The van der Waals surface area contributed by atoms with Gasteiger partial charge in [-0.05, 0) is 12.5 Å². The maximum absolute atomic E-state index is 12.8. The number of carbonyl (C=O) groups excluding carboxylic acids is 1. The Hall–Kier alpha value is -1.40. The van der Waals surface area contributed by atoms with E-state index in [4.69, 9.17) is 0 Å². The van der Waals surface area contributed by atoms with E-state index in [0.29, 0.717) is 0 Å². The predicted octanol–water partition coefficient (Wildman–Crippen LogP) is 1.39. The molecule has 6 heteroatoms. The van der Waals surface area contributed by atoms with Gasteiger partial charge in [0.05, 0.1) is 0 Å². The molecular formula is C11H11F3O3. The summed E-state index contributed by atoms with van der Waals surface area (Å²) < 4.78 is 38.5. The smallest absolute Gasteiger partial charge is 0.382 e. The number of benzene rings is 1. The summed E-state index contributed by atoms with van der Waals surface area (Å²) in [5.74, 6) is -1.16. The van der Waals surface area contributed by atoms with Crippen molar-refractivity contribution < 1.29 is 28.2 Å². The lowest BCUT2D eigenvalue weighted by atomic mass is 9.85. The molecule has 0 aliphatic rings. The predicted molar refractivity (Wildman–Crippen MR) is 53.1 cm³/mol. The van der Waals surface area contributed by atoms with Crippen LogP contribution in [0.3, 0.4) is 0 Å². The number of Topliss-reactive ketones (excluding diaryl/α,β-unsaturated/α-hetero) is 1. The molecule has 0 aliphatic heterocycles. The van der Waals surface area contributed by atoms with Crippen LogP contribution in [0.15, 0.2) is 30.3 Å². The Labute approximate surface area is 95.5 Å². The molecule has 0 spiro atoms. The van der Waals surface area contributed by atoms with Crippen LogP contribution in [0.4, 0.5) is 13.2 Å². The van der Waals surface area contributed by atoms with E-state index in [1.165, 1.54) is 18.2 Å². The first kappa shape index (κ1) is 13.7. The van der Waals surface area contributed by atoms with Crippen LogP contribution in [0.1, 0.15) is 12.5 Å². The first-order chi connectivity index (χ1) is 7.71. The molecule has 2 N–H and O–H groups in total. The second-order valence-electron chi connectivity index (χ2n) is 3.64. The molecule has 3 nitrogen and oxygen atoms in total. The van der Waals surface area contributed by atoms with Gasteiger partial charge in [0, 0.05) is 0 Å². The summed E-state index contributed by atoms with van der Waals surface area (Å²) in [7, 11) is 0. The summed E-state index contributed by atoms with van der Waals surface area (Å²) in [6.07, 6.45) is -7.70. The summed E-state index contributed by atoms with van der Waals surface area (Å²) in [5, 5.41) is 19.0. The topological polar surface area (TPSA) is 57.5 Å². The summed E-state index contributed by atoms with van der Waals surface area (Å²) in [6.45, 7) is 0.782. The average molecular weight is 248 g/mol. The van der Waals surface area contributed by atoms with Crippen molar-refractivity contribution in [1.82, 2.24) is 0 Å². The number of ketones is 1. The van der Waals surface area contributed by atoms with E-state index < -0.39 is 29.2 Å². The summed E-state index contributed by atoms with van der Waals surface area (Å²) in [4.78, 5) is 10.9. The van der Waals surface area contributed by atoms with E-state index in [9.17, 15) is 28.2 Å². The van der Waals surface area contributed by atoms with E-state index in [1.807, 2.05) is 0 Å². The van der Waals surface area contributed by atoms with Crippen LogP contribution >= 0.6 is 0 Å². The first-order valence-electron chi connectivity index (χ1n) is 4.74. The molecule has 0 radical (unpaired) electrons. The third-order valence-corrected chi connectivity index (χ3v) is 2.43. The maximum Gasteiger partial charge on any atom is 0.424 e. The molecule has 0 fully saturated rings. The Morgan fingerprint density at radius 3 is 2.06 bits per heavy atom. The van der Waals surface area contributed by atoms with E-state index in [-0.39, 0.29) is 0 Å². The minimum Gasteiger partial charge on any atom is -0.382 e. The van der Waals surface area contributed by atoms with Crippen molar-refractivity contribution in [3.8, 4) is 0 Å². The zero-order chi connectivity index (χ0) is 13.3. The fraction of sp³-hybridized carbons (Fsp3) is 0.364. The normalized spacial score (nSPS) is 17.3. The van der Waals surface area contributed by atoms with E-state index in [0.717, 1.165) is 19.1 Å². The van der Waals surface area contributed by atoms with Gasteiger partial charge in [-0.2, -0.15) is 13.2 Å². The van der Waals surface area contributed by atoms with Crippen molar-refractivity contribution >= 4 is 5.78 Å². The fourth-order valence-electron chi connectivity index (χ4n) is 1.46. The van der Waals surface area contributed by atoms with Crippen LogP contribution in [0.2, 0.25) is 0 Å². The van der Waals surface area contributed by atoms with Crippen molar-refractivity contribution in [3.63, 3.8) is 0 Å². The maximum atomic E-state index is 12.8. The zero-order valence-corrected chi connectivity index (χ0v) is 8.90. The SMILES string of the molecule is CC(=O)C(O)[C@@](O)(c1ccccc1)C(F)(F)F. The van der Waals surface area contributed by atoms with Crippen molar-refractivity contribution in [1.29, 1.82) is 0 Å². The van der Waals surface area contributed by atoms with Crippen molar-refractivity contribution in [2.24, 2.45) is 0 Å². The lowest BCUT2D eigenvalue weighted by Crippen LogP contribution is -2.54. The van der Waals surface area contributed by atoms with Crippen LogP contribution in [-0.2, 0) is 10.4 Å². The summed E-state index contributed by atoms with van der Waals surface area (Å²) >= 11 is 0. The van der Waals surface area contributed by atoms with Gasteiger partial charge < -0.3 is 10.2 Å². The average Bonchev–Trinajstić information content (AvgIpc) is 2.26. The molecule has 1 unspecified atom stereocenters. The molecule has 1 aromatic rings. The third kappa shape index (κ3) is 2.32. The largest absolute Gasteiger partial charge is 0.424 e. The highest BCUT2D eigenvalue weighted by Gasteiger charge is 2.61. The second-order valence-corrected chi connectivity index (χ2v) is 3.64. The highest BCUT2D eigenvalue weighted by molar-refractivity contribution is 5.82. The standard InChI is InChI=1S/C11H11F3O3/c1-7(15)9(16)10(17,11(12,13)14)8-5-3-2-4-6-8/h2-6,9,16-17H,1H3/t9?,10-/m0/s1. The van der Waals surface area contributed by atoms with Gasteiger partial charge in [-0.3, -0.25) is 4.79 Å². The zero-order valence-electron chi connectivity index (χ0n) is 8.90. The minimum absolute atomic E-state index is 0.574. The van der Waals surface area contributed by atoms with Crippen LogP contribution in [0.5, 0.6) is 0 Å². The molecule has 0 bridgehead atoms. The molecule has 94 valence electrons. The molecule has 0 saturated heterocycles.